The van der Waals surface area contributed by atoms with Crippen LogP contribution in [0.2, 0.25) is 0 Å². The smallest absolute Gasteiger partial charge is 0.425 e. The summed E-state index contributed by atoms with van der Waals surface area (Å²) in [5.74, 6) is 3.12. The van der Waals surface area contributed by atoms with Crippen molar-refractivity contribution in [3.63, 3.8) is 0 Å². The van der Waals surface area contributed by atoms with Gasteiger partial charge in [0.05, 0.1) is 44.6 Å². The van der Waals surface area contributed by atoms with E-state index in [2.05, 4.69) is 71.0 Å². The van der Waals surface area contributed by atoms with Crippen LogP contribution in [-0.2, 0) is 20.6 Å². The number of methoxy groups -OCH3 is 2. The minimum absolute atomic E-state index is 0.396. The van der Waals surface area contributed by atoms with Crippen LogP contribution in [0.1, 0.15) is 76.8 Å². The fraction of sp³-hybridized carbons (Fsp3) is 0.373. The molecular weight excluding hydrogens is 949 g/mol. The highest BCUT2D eigenvalue weighted by atomic mass is 16.6. The van der Waals surface area contributed by atoms with Gasteiger partial charge in [-0.05, 0) is 88.0 Å². The average molecular weight is 1010 g/mol. The van der Waals surface area contributed by atoms with E-state index in [1.807, 2.05) is 74.2 Å². The number of hydrogen-bond acceptors (Lipinski definition) is 15. The minimum atomic E-state index is -0.743. The van der Waals surface area contributed by atoms with E-state index in [1.54, 1.807) is 19.2 Å². The zero-order valence-electron chi connectivity index (χ0n) is 43.1. The van der Waals surface area contributed by atoms with Crippen LogP contribution in [0.5, 0.6) is 11.8 Å². The number of ether oxygens (including phenoxy) is 4. The zero-order chi connectivity index (χ0) is 51.5. The molecule has 0 bridgehead atoms. The Kier molecular flexibility index (Phi) is 12.5. The summed E-state index contributed by atoms with van der Waals surface area (Å²) in [6.45, 7) is 9.31. The Hall–Kier alpha value is -7.53. The predicted octanol–water partition coefficient (Wildman–Crippen LogP) is 11.1. The fourth-order valence-corrected chi connectivity index (χ4v) is 11.2. The number of rotatable bonds is 13. The van der Waals surface area contributed by atoms with Crippen molar-refractivity contribution in [1.29, 1.82) is 0 Å². The summed E-state index contributed by atoms with van der Waals surface area (Å²) in [5, 5.41) is 13.5. The quantitative estimate of drug-likeness (QED) is 0.104. The molecule has 2 N–H and O–H groups in total. The lowest BCUT2D eigenvalue weighted by Gasteiger charge is -2.55. The second-order valence-electron chi connectivity index (χ2n) is 21.2. The van der Waals surface area contributed by atoms with Crippen LogP contribution in [-0.4, -0.2) is 101 Å². The van der Waals surface area contributed by atoms with Crippen LogP contribution in [0.4, 0.5) is 16.7 Å². The van der Waals surface area contributed by atoms with Gasteiger partial charge in [-0.2, -0.15) is 19.9 Å². The number of hydrazine groups is 1. The number of carbonyl (C=O) groups is 1. The van der Waals surface area contributed by atoms with E-state index < -0.39 is 28.9 Å². The predicted molar refractivity (Wildman–Crippen MR) is 287 cm³/mol. The Morgan fingerprint density at radius 3 is 1.60 bits per heavy atom. The van der Waals surface area contributed by atoms with Crippen molar-refractivity contribution >= 4 is 40.2 Å². The van der Waals surface area contributed by atoms with Crippen LogP contribution in [0, 0.1) is 0 Å². The molecule has 6 heterocycles. The number of aromatic nitrogens is 4. The number of fused-ring (bicyclic) bond motifs is 2. The van der Waals surface area contributed by atoms with Gasteiger partial charge in [0.1, 0.15) is 27.9 Å². The first-order valence-electron chi connectivity index (χ1n) is 26.1. The highest BCUT2D eigenvalue weighted by Crippen LogP contribution is 2.52. The van der Waals surface area contributed by atoms with Gasteiger partial charge in [0.15, 0.2) is 0 Å². The van der Waals surface area contributed by atoms with Crippen LogP contribution in [0.25, 0.3) is 67.1 Å². The molecule has 1 atom stereocenters. The number of hydrogen-bond donors (Lipinski definition) is 2. The molecule has 75 heavy (non-hydrogen) atoms. The Labute approximate surface area is 435 Å². The number of amides is 1. The third-order valence-electron chi connectivity index (χ3n) is 15.4. The number of nitrogens with zero attached hydrogens (tertiary/aromatic N) is 7. The Bertz CT molecular complexity index is 3360. The summed E-state index contributed by atoms with van der Waals surface area (Å²) in [7, 11) is 3.23. The number of aliphatic hydroxyl groups excluding tert-OH is 1. The third kappa shape index (κ3) is 8.77. The molecule has 8 aromatic rings. The maximum absolute atomic E-state index is 14.8. The maximum Gasteiger partial charge on any atom is 0.425 e. The van der Waals surface area contributed by atoms with Gasteiger partial charge in [0, 0.05) is 48.4 Å². The Morgan fingerprint density at radius 1 is 0.653 bits per heavy atom. The van der Waals surface area contributed by atoms with E-state index in [0.717, 1.165) is 83.0 Å². The molecule has 12 rings (SSSR count). The van der Waals surface area contributed by atoms with Gasteiger partial charge < -0.3 is 42.7 Å². The van der Waals surface area contributed by atoms with Gasteiger partial charge in [-0.15, -0.1) is 0 Å². The number of morpholine rings is 1. The monoisotopic (exact) mass is 1010 g/mol. The molecule has 0 spiro atoms. The third-order valence-corrected chi connectivity index (χ3v) is 15.4. The first-order valence-corrected chi connectivity index (χ1v) is 26.1. The molecule has 386 valence electrons. The van der Waals surface area contributed by atoms with Gasteiger partial charge in [0.25, 0.3) is 0 Å². The van der Waals surface area contributed by atoms with Gasteiger partial charge in [0.2, 0.25) is 35.1 Å². The molecule has 4 aromatic heterocycles. The lowest BCUT2D eigenvalue weighted by molar-refractivity contribution is -0.0849. The summed E-state index contributed by atoms with van der Waals surface area (Å²) < 4.78 is 37.3. The van der Waals surface area contributed by atoms with Crippen molar-refractivity contribution < 1.29 is 37.7 Å². The summed E-state index contributed by atoms with van der Waals surface area (Å²) in [5.41, 5.74) is 10.0. The number of benzene rings is 4. The molecule has 0 radical (unpaired) electrons. The topological polar surface area (TPSA) is 174 Å². The van der Waals surface area contributed by atoms with Crippen LogP contribution < -0.4 is 24.7 Å². The molecule has 2 aliphatic carbocycles. The Morgan fingerprint density at radius 2 is 1.16 bits per heavy atom. The van der Waals surface area contributed by atoms with E-state index in [-0.39, 0.29) is 0 Å². The minimum Gasteiger partial charge on any atom is -0.480 e. The van der Waals surface area contributed by atoms with Gasteiger partial charge >= 0.3 is 6.09 Å². The first kappa shape index (κ1) is 48.4. The number of β-amino-alcohol motifs (C(OH)–C–C–N with tert-alkyl or cyclic N) is 1. The van der Waals surface area contributed by atoms with Crippen LogP contribution >= 0.6 is 0 Å². The molecule has 2 saturated carbocycles. The maximum atomic E-state index is 14.8. The van der Waals surface area contributed by atoms with E-state index in [4.69, 9.17) is 47.7 Å². The lowest BCUT2D eigenvalue weighted by atomic mass is 9.69. The van der Waals surface area contributed by atoms with Crippen molar-refractivity contribution in [2.45, 2.75) is 88.5 Å². The van der Waals surface area contributed by atoms with Crippen molar-refractivity contribution in [1.82, 2.24) is 30.4 Å². The largest absolute Gasteiger partial charge is 0.480 e. The number of nitrogens with one attached hydrogen (secondary N) is 1. The van der Waals surface area contributed by atoms with Crippen molar-refractivity contribution in [3.8, 4) is 56.7 Å². The highest BCUT2D eigenvalue weighted by molar-refractivity contribution is 6.04. The molecule has 16 nitrogen and oxygen atoms in total. The van der Waals surface area contributed by atoms with E-state index in [0.29, 0.717) is 103 Å². The SMILES string of the molecule is COc1nc(N2CCOCC2)nc2oc(-c3ccc(C4(NN(C(=O)OC(C)(C)C)C5(c6ccc(-c7oc8nc(N9CCC(O)C9)nc(OC)c8c7-c7ccccc7)cc6)CCC5)CCC4)cc3)c(-c3ccccc3)c12. The van der Waals surface area contributed by atoms with Crippen molar-refractivity contribution in [2.75, 3.05) is 63.4 Å². The fourth-order valence-electron chi connectivity index (χ4n) is 11.2. The molecule has 4 aromatic carbocycles. The van der Waals surface area contributed by atoms with Crippen LogP contribution in [0.15, 0.2) is 118 Å². The summed E-state index contributed by atoms with van der Waals surface area (Å²) in [4.78, 5) is 38.4. The number of aliphatic hydroxyl groups is 1. The number of furan rings is 2. The van der Waals surface area contributed by atoms with E-state index in [1.165, 1.54) is 0 Å². The molecule has 16 heteroatoms. The van der Waals surface area contributed by atoms with Crippen molar-refractivity contribution in [2.24, 2.45) is 0 Å². The molecule has 2 aliphatic heterocycles. The average Bonchev–Trinajstić information content (AvgIpc) is 4.17. The summed E-state index contributed by atoms with van der Waals surface area (Å²) in [6, 6.07) is 37.0. The summed E-state index contributed by atoms with van der Waals surface area (Å²) >= 11 is 0. The molecule has 4 aliphatic rings. The van der Waals surface area contributed by atoms with Gasteiger partial charge in [-0.1, -0.05) is 109 Å². The van der Waals surface area contributed by atoms with E-state index >= 15 is 0 Å². The van der Waals surface area contributed by atoms with E-state index in [9.17, 15) is 9.90 Å². The highest BCUT2D eigenvalue weighted by Gasteiger charge is 2.52. The zero-order valence-corrected chi connectivity index (χ0v) is 43.1. The standard InChI is InChI=1S/C59H62N8O8/c1-57(2,3)75-56(69)67(59(29-13-30-59)42-24-20-40(21-25-42)49-45(38-16-10-7-11-17-38)47-51(71-5)61-55(63-53(47)74-49)66-31-26-43(68)36-66)64-58(27-12-28-58)41-22-18-39(19-23-41)48-44(37-14-8-6-9-15-37)46-50(70-4)60-54(62-52(46)73-48)65-32-34-72-35-33-65/h6-11,14-25,43,64,68H,12-13,26-36H2,1-5H3. The summed E-state index contributed by atoms with van der Waals surface area (Å²) in [6.07, 6.45) is 4.80. The van der Waals surface area contributed by atoms with Crippen molar-refractivity contribution in [3.05, 3.63) is 120 Å². The number of anilines is 2. The lowest BCUT2D eigenvalue weighted by Crippen LogP contribution is -2.66. The Balaban J connectivity index is 0.897. The second kappa shape index (κ2) is 19.3. The van der Waals surface area contributed by atoms with Gasteiger partial charge in [-0.3, -0.25) is 0 Å². The molecule has 1 unspecified atom stereocenters. The molecule has 4 fully saturated rings. The number of carbonyl (C=O) groups excluding carboxylic acids is 1. The molecule has 2 saturated heterocycles. The first-order chi connectivity index (χ1) is 36.4. The normalized spacial score (nSPS) is 18.2. The molecule has 1 amide bonds. The molecular formula is C59H62N8O8. The second-order valence-corrected chi connectivity index (χ2v) is 21.2. The van der Waals surface area contributed by atoms with Crippen LogP contribution in [0.3, 0.4) is 0 Å². The van der Waals surface area contributed by atoms with Gasteiger partial charge in [-0.25, -0.2) is 15.2 Å².